The van der Waals surface area contributed by atoms with Crippen molar-refractivity contribution >= 4 is 33.1 Å². The van der Waals surface area contributed by atoms with Gasteiger partial charge in [0.1, 0.15) is 11.4 Å². The number of thiophene rings is 1. The molecule has 3 rings (SSSR count). The van der Waals surface area contributed by atoms with Crippen LogP contribution in [0.15, 0.2) is 34.4 Å². The molecule has 2 heterocycles. The van der Waals surface area contributed by atoms with Gasteiger partial charge in [-0.15, -0.1) is 11.3 Å². The predicted molar refractivity (Wildman–Crippen MR) is 83.2 cm³/mol. The number of amides is 1. The number of H-pyrrole nitrogens is 1. The first-order valence-electron chi connectivity index (χ1n) is 6.37. The molecular weight excluding hydrogens is 307 g/mol. The Balaban J connectivity index is 2.06. The fourth-order valence-corrected chi connectivity index (χ4v) is 2.92. The Morgan fingerprint density at radius 3 is 2.91 bits per heavy atom. The van der Waals surface area contributed by atoms with Gasteiger partial charge in [0, 0.05) is 5.69 Å². The number of anilines is 1. The Bertz CT molecular complexity index is 946. The van der Waals surface area contributed by atoms with Crippen molar-refractivity contribution in [2.45, 2.75) is 6.92 Å². The van der Waals surface area contributed by atoms with E-state index in [9.17, 15) is 19.1 Å². The fourth-order valence-electron chi connectivity index (χ4n) is 2.12. The molecule has 7 heteroatoms. The number of hydrogen-bond donors (Lipinski definition) is 3. The molecule has 0 atom stereocenters. The number of rotatable bonds is 2. The number of pyridine rings is 1. The number of hydrogen-bond acceptors (Lipinski definition) is 4. The van der Waals surface area contributed by atoms with Gasteiger partial charge < -0.3 is 15.4 Å². The topological polar surface area (TPSA) is 82.2 Å². The molecule has 0 aliphatic heterocycles. The lowest BCUT2D eigenvalue weighted by atomic mass is 10.1. The minimum absolute atomic E-state index is 0.245. The maximum Gasteiger partial charge on any atom is 0.265 e. The Morgan fingerprint density at radius 1 is 1.36 bits per heavy atom. The Morgan fingerprint density at radius 2 is 2.14 bits per heavy atom. The number of aromatic amines is 1. The van der Waals surface area contributed by atoms with Crippen LogP contribution in [0.4, 0.5) is 10.1 Å². The van der Waals surface area contributed by atoms with Crippen molar-refractivity contribution in [1.29, 1.82) is 0 Å². The molecular formula is C15H11FN2O3S. The zero-order valence-corrected chi connectivity index (χ0v) is 12.3. The van der Waals surface area contributed by atoms with Crippen molar-refractivity contribution in [2.24, 2.45) is 0 Å². The van der Waals surface area contributed by atoms with E-state index in [1.165, 1.54) is 23.5 Å². The van der Waals surface area contributed by atoms with Crippen LogP contribution in [0.2, 0.25) is 0 Å². The van der Waals surface area contributed by atoms with Crippen LogP contribution >= 0.6 is 11.3 Å². The lowest BCUT2D eigenvalue weighted by Gasteiger charge is -2.09. The molecule has 2 aromatic heterocycles. The van der Waals surface area contributed by atoms with Crippen molar-refractivity contribution < 1.29 is 14.3 Å². The van der Waals surface area contributed by atoms with Crippen LogP contribution in [0.25, 0.3) is 10.2 Å². The number of carbonyl (C=O) groups is 1. The monoisotopic (exact) mass is 318 g/mol. The van der Waals surface area contributed by atoms with Gasteiger partial charge in [-0.2, -0.15) is 0 Å². The van der Waals surface area contributed by atoms with Crippen LogP contribution in [0.1, 0.15) is 15.9 Å². The summed E-state index contributed by atoms with van der Waals surface area (Å²) in [7, 11) is 0. The zero-order chi connectivity index (χ0) is 15.9. The van der Waals surface area contributed by atoms with Crippen LogP contribution in [0.3, 0.4) is 0 Å². The van der Waals surface area contributed by atoms with E-state index < -0.39 is 22.8 Å². The van der Waals surface area contributed by atoms with Gasteiger partial charge in [-0.05, 0) is 36.1 Å². The molecule has 0 saturated heterocycles. The smallest absolute Gasteiger partial charge is 0.265 e. The van der Waals surface area contributed by atoms with Gasteiger partial charge in [0.15, 0.2) is 5.75 Å². The maximum absolute atomic E-state index is 13.3. The maximum atomic E-state index is 13.3. The van der Waals surface area contributed by atoms with Crippen LogP contribution in [-0.2, 0) is 0 Å². The molecule has 0 radical (unpaired) electrons. The van der Waals surface area contributed by atoms with E-state index in [0.717, 1.165) is 6.07 Å². The Hall–Kier alpha value is -2.67. The number of aromatic nitrogens is 1. The van der Waals surface area contributed by atoms with Gasteiger partial charge in [-0.3, -0.25) is 9.59 Å². The van der Waals surface area contributed by atoms with Crippen LogP contribution in [0.5, 0.6) is 5.75 Å². The largest absolute Gasteiger partial charge is 0.505 e. The molecule has 1 aromatic carbocycles. The van der Waals surface area contributed by atoms with E-state index in [-0.39, 0.29) is 11.4 Å². The number of carbonyl (C=O) groups excluding carboxylic acids is 1. The third-order valence-electron chi connectivity index (χ3n) is 3.27. The average Bonchev–Trinajstić information content (AvgIpc) is 2.91. The molecule has 0 aliphatic rings. The summed E-state index contributed by atoms with van der Waals surface area (Å²) in [6, 6.07) is 5.58. The van der Waals surface area contributed by atoms with E-state index >= 15 is 0 Å². The first-order valence-corrected chi connectivity index (χ1v) is 7.25. The molecule has 0 unspecified atom stereocenters. The van der Waals surface area contributed by atoms with Crippen LogP contribution in [-0.4, -0.2) is 16.0 Å². The second-order valence-electron chi connectivity index (χ2n) is 4.75. The van der Waals surface area contributed by atoms with Gasteiger partial charge in [0.2, 0.25) is 0 Å². The van der Waals surface area contributed by atoms with Crippen molar-refractivity contribution in [3.05, 3.63) is 56.9 Å². The van der Waals surface area contributed by atoms with Crippen LogP contribution < -0.4 is 10.9 Å². The molecule has 22 heavy (non-hydrogen) atoms. The molecule has 0 aliphatic carbocycles. The van der Waals surface area contributed by atoms with Gasteiger partial charge in [0.05, 0.1) is 10.2 Å². The summed E-state index contributed by atoms with van der Waals surface area (Å²) in [5, 5.41) is 14.3. The number of halogens is 1. The van der Waals surface area contributed by atoms with Gasteiger partial charge in [-0.1, -0.05) is 6.07 Å². The quantitative estimate of drug-likeness (QED) is 0.679. The van der Waals surface area contributed by atoms with Crippen molar-refractivity contribution in [1.82, 2.24) is 4.98 Å². The van der Waals surface area contributed by atoms with Crippen molar-refractivity contribution in [3.8, 4) is 5.75 Å². The number of benzene rings is 1. The summed E-state index contributed by atoms with van der Waals surface area (Å²) in [5.41, 5.74) is 0.262. The lowest BCUT2D eigenvalue weighted by molar-refractivity contribution is 0.102. The number of fused-ring (bicyclic) bond motifs is 1. The lowest BCUT2D eigenvalue weighted by Crippen LogP contribution is -2.23. The van der Waals surface area contributed by atoms with Crippen molar-refractivity contribution in [3.63, 3.8) is 0 Å². The second-order valence-corrected chi connectivity index (χ2v) is 5.67. The minimum atomic E-state index is -0.789. The SMILES string of the molecule is Cc1ccc(F)cc1NC(=O)c1c(O)c2sccc2[nH]c1=O. The van der Waals surface area contributed by atoms with Gasteiger partial charge in [-0.25, -0.2) is 4.39 Å². The molecule has 5 nitrogen and oxygen atoms in total. The third kappa shape index (κ3) is 2.35. The summed E-state index contributed by atoms with van der Waals surface area (Å²) in [5.74, 6) is -1.67. The molecule has 3 N–H and O–H groups in total. The third-order valence-corrected chi connectivity index (χ3v) is 4.19. The Kier molecular flexibility index (Phi) is 3.42. The number of nitrogens with one attached hydrogen (secondary N) is 2. The summed E-state index contributed by atoms with van der Waals surface area (Å²) in [6.45, 7) is 1.70. The van der Waals surface area contributed by atoms with E-state index in [0.29, 0.717) is 15.8 Å². The summed E-state index contributed by atoms with van der Waals surface area (Å²) < 4.78 is 13.7. The molecule has 1 amide bonds. The van der Waals surface area contributed by atoms with E-state index in [1.807, 2.05) is 0 Å². The van der Waals surface area contributed by atoms with Crippen molar-refractivity contribution in [2.75, 3.05) is 5.32 Å². The highest BCUT2D eigenvalue weighted by atomic mass is 32.1. The summed E-state index contributed by atoms with van der Waals surface area (Å²) in [6.07, 6.45) is 0. The van der Waals surface area contributed by atoms with E-state index in [2.05, 4.69) is 10.3 Å². The fraction of sp³-hybridized carbons (Fsp3) is 0.0667. The number of aromatic hydroxyl groups is 1. The van der Waals surface area contributed by atoms with E-state index in [1.54, 1.807) is 18.4 Å². The summed E-state index contributed by atoms with van der Waals surface area (Å²) in [4.78, 5) is 26.8. The van der Waals surface area contributed by atoms with Gasteiger partial charge in [0.25, 0.3) is 11.5 Å². The molecule has 0 saturated carbocycles. The molecule has 0 bridgehead atoms. The molecule has 3 aromatic rings. The first kappa shape index (κ1) is 14.3. The highest BCUT2D eigenvalue weighted by molar-refractivity contribution is 7.17. The highest BCUT2D eigenvalue weighted by Gasteiger charge is 2.20. The summed E-state index contributed by atoms with van der Waals surface area (Å²) >= 11 is 1.21. The highest BCUT2D eigenvalue weighted by Crippen LogP contribution is 2.30. The van der Waals surface area contributed by atoms with E-state index in [4.69, 9.17) is 0 Å². The average molecular weight is 318 g/mol. The second kappa shape index (κ2) is 5.27. The standard InChI is InChI=1S/C15H11FN2O3S/c1-7-2-3-8(16)6-10(7)18-15(21)11-12(19)13-9(4-5-22-13)17-14(11)20/h2-6H,1H3,(H,18,21)(H2,17,19,20). The predicted octanol–water partition coefficient (Wildman–Crippen LogP) is 3.00. The zero-order valence-electron chi connectivity index (χ0n) is 11.4. The molecule has 0 fully saturated rings. The number of aryl methyl sites for hydroxylation is 1. The normalized spacial score (nSPS) is 10.8. The Labute approximate surface area is 128 Å². The molecule has 0 spiro atoms. The minimum Gasteiger partial charge on any atom is -0.505 e. The first-order chi connectivity index (χ1) is 10.5. The van der Waals surface area contributed by atoms with Crippen LogP contribution in [0, 0.1) is 12.7 Å². The van der Waals surface area contributed by atoms with Gasteiger partial charge >= 0.3 is 0 Å². The molecule has 112 valence electrons.